The normalized spacial score (nSPS) is 9.78. The molecule has 0 aliphatic carbocycles. The van der Waals surface area contributed by atoms with E-state index in [1.807, 2.05) is 84.9 Å². The summed E-state index contributed by atoms with van der Waals surface area (Å²) in [5.41, 5.74) is 6.01. The Balaban J connectivity index is 0.000000190. The van der Waals surface area contributed by atoms with Gasteiger partial charge in [0.05, 0.1) is 11.4 Å². The molecular weight excluding hydrogens is 498 g/mol. The second-order valence-electron chi connectivity index (χ2n) is 7.28. The van der Waals surface area contributed by atoms with Gasteiger partial charge in [0.2, 0.25) is 0 Å². The molecule has 2 aromatic carbocycles. The molecule has 0 fully saturated rings. The van der Waals surface area contributed by atoms with Crippen molar-refractivity contribution in [2.24, 2.45) is 0 Å². The van der Waals surface area contributed by atoms with Crippen LogP contribution < -0.4 is 9.97 Å². The van der Waals surface area contributed by atoms with E-state index in [9.17, 15) is 0 Å². The van der Waals surface area contributed by atoms with Gasteiger partial charge in [-0.3, -0.25) is 9.97 Å². The molecule has 0 radical (unpaired) electrons. The Kier molecular flexibility index (Phi) is 9.55. The molecule has 0 aliphatic rings. The summed E-state index contributed by atoms with van der Waals surface area (Å²) in [6.45, 7) is 0. The van der Waals surface area contributed by atoms with Gasteiger partial charge in [-0.25, -0.2) is 0 Å². The van der Waals surface area contributed by atoms with Crippen molar-refractivity contribution in [3.05, 3.63) is 130 Å². The van der Waals surface area contributed by atoms with E-state index < -0.39 is 0 Å². The largest absolute Gasteiger partial charge is 0.442 e. The molecule has 0 aliphatic heterocycles. The van der Waals surface area contributed by atoms with Gasteiger partial charge in [0.1, 0.15) is 0 Å². The molecule has 0 bridgehead atoms. The summed E-state index contributed by atoms with van der Waals surface area (Å²) in [5.74, 6) is 1.48. The number of hydrogen-bond acceptors (Lipinski definition) is 4. The molecule has 6 rings (SSSR count). The molecule has 0 atom stereocenters. The summed E-state index contributed by atoms with van der Waals surface area (Å²) in [6.07, 6.45) is 10.4. The Labute approximate surface area is 223 Å². The van der Waals surface area contributed by atoms with Crippen molar-refractivity contribution in [1.82, 2.24) is 29.9 Å². The van der Waals surface area contributed by atoms with E-state index in [0.29, 0.717) is 0 Å². The van der Waals surface area contributed by atoms with Gasteiger partial charge in [0.25, 0.3) is 0 Å². The third-order valence-corrected chi connectivity index (χ3v) is 5.14. The Morgan fingerprint density at radius 1 is 0.417 bits per heavy atom. The number of pyridine rings is 2. The molecule has 0 saturated carbocycles. The topological polar surface area (TPSA) is 79.8 Å². The van der Waals surface area contributed by atoms with Crippen molar-refractivity contribution >= 4 is 0 Å². The van der Waals surface area contributed by atoms with Crippen LogP contribution in [-0.4, -0.2) is 19.9 Å². The molecule has 0 spiro atoms. The SMILES string of the molecule is [CH3-].[Zn].c1ccc(-c2ccccc2-c2ncc[n-]2)nc1.c1ccc(-c2ccccc2-c2ncc[n-]2)nc1. The van der Waals surface area contributed by atoms with Crippen molar-refractivity contribution in [2.45, 2.75) is 0 Å². The van der Waals surface area contributed by atoms with Crippen molar-refractivity contribution in [2.75, 3.05) is 0 Å². The van der Waals surface area contributed by atoms with E-state index in [1.54, 1.807) is 37.2 Å². The van der Waals surface area contributed by atoms with Gasteiger partial charge in [-0.15, -0.1) is 0 Å². The first kappa shape index (κ1) is 26.4. The summed E-state index contributed by atoms with van der Waals surface area (Å²) in [6, 6.07) is 27.8. The van der Waals surface area contributed by atoms with Crippen LogP contribution in [0.4, 0.5) is 0 Å². The first-order valence-electron chi connectivity index (χ1n) is 10.8. The molecule has 0 unspecified atom stereocenters. The maximum absolute atomic E-state index is 4.36. The zero-order valence-electron chi connectivity index (χ0n) is 19.9. The average molecular weight is 521 g/mol. The van der Waals surface area contributed by atoms with Crippen molar-refractivity contribution in [3.8, 4) is 45.3 Å². The Morgan fingerprint density at radius 3 is 1.14 bits per heavy atom. The molecule has 6 nitrogen and oxygen atoms in total. The number of nitrogens with zero attached hydrogens (tertiary/aromatic N) is 6. The first-order chi connectivity index (χ1) is 16.9. The van der Waals surface area contributed by atoms with Crippen LogP contribution in [0.5, 0.6) is 0 Å². The standard InChI is InChI=1S/2C14H10N3.CH3.Zn/c2*1-2-6-12(14-16-9-10-17-14)11(5-1)13-7-3-4-8-15-13;;/h2*1-10H;1H3;/q3*-1;. The van der Waals surface area contributed by atoms with E-state index >= 15 is 0 Å². The van der Waals surface area contributed by atoms with Crippen LogP contribution in [-0.2, 0) is 19.5 Å². The predicted molar refractivity (Wildman–Crippen MR) is 139 cm³/mol. The molecule has 0 amide bonds. The molecule has 4 heterocycles. The summed E-state index contributed by atoms with van der Waals surface area (Å²) in [4.78, 5) is 25.7. The molecule has 4 aromatic heterocycles. The van der Waals surface area contributed by atoms with Crippen LogP contribution in [0.1, 0.15) is 0 Å². The van der Waals surface area contributed by atoms with Gasteiger partial charge < -0.3 is 27.4 Å². The molecular formula is C29H23N6Zn-3. The fourth-order valence-electron chi connectivity index (χ4n) is 3.61. The smallest absolute Gasteiger partial charge is 0.0707 e. The Morgan fingerprint density at radius 2 is 0.806 bits per heavy atom. The van der Waals surface area contributed by atoms with Crippen molar-refractivity contribution < 1.29 is 19.5 Å². The van der Waals surface area contributed by atoms with Gasteiger partial charge in [0.15, 0.2) is 0 Å². The van der Waals surface area contributed by atoms with Crippen LogP contribution in [0.15, 0.2) is 122 Å². The Hall–Kier alpha value is -4.22. The second-order valence-corrected chi connectivity index (χ2v) is 7.28. The van der Waals surface area contributed by atoms with Crippen LogP contribution in [0.2, 0.25) is 0 Å². The van der Waals surface area contributed by atoms with E-state index in [2.05, 4.69) is 29.9 Å². The summed E-state index contributed by atoms with van der Waals surface area (Å²) < 4.78 is 0. The minimum absolute atomic E-state index is 0. The Bertz CT molecular complexity index is 1320. The number of imidazole rings is 2. The predicted octanol–water partition coefficient (Wildman–Crippen LogP) is 5.98. The minimum Gasteiger partial charge on any atom is -0.442 e. The van der Waals surface area contributed by atoms with Gasteiger partial charge in [-0.2, -0.15) is 0 Å². The van der Waals surface area contributed by atoms with Gasteiger partial charge in [0, 0.05) is 43.0 Å². The molecule has 0 saturated heterocycles. The molecule has 36 heavy (non-hydrogen) atoms. The van der Waals surface area contributed by atoms with Crippen LogP contribution >= 0.6 is 0 Å². The minimum atomic E-state index is 0. The molecule has 6 aromatic rings. The van der Waals surface area contributed by atoms with E-state index in [-0.39, 0.29) is 26.9 Å². The summed E-state index contributed by atoms with van der Waals surface area (Å²) in [7, 11) is 0. The van der Waals surface area contributed by atoms with Crippen LogP contribution in [0.25, 0.3) is 45.3 Å². The van der Waals surface area contributed by atoms with E-state index in [0.717, 1.165) is 45.3 Å². The number of rotatable bonds is 4. The fourth-order valence-corrected chi connectivity index (χ4v) is 3.61. The number of aromatic nitrogens is 6. The van der Waals surface area contributed by atoms with E-state index in [1.165, 1.54) is 0 Å². The van der Waals surface area contributed by atoms with Gasteiger partial charge in [-0.1, -0.05) is 97.1 Å². The quantitative estimate of drug-likeness (QED) is 0.210. The average Bonchev–Trinajstić information content (AvgIpc) is 3.65. The third kappa shape index (κ3) is 6.07. The number of benzene rings is 2. The maximum atomic E-state index is 4.36. The summed E-state index contributed by atoms with van der Waals surface area (Å²) in [5, 5.41) is 0. The zero-order valence-corrected chi connectivity index (χ0v) is 22.9. The third-order valence-electron chi connectivity index (χ3n) is 5.14. The molecule has 0 N–H and O–H groups in total. The number of hydrogen-bond donors (Lipinski definition) is 0. The second kappa shape index (κ2) is 13.0. The van der Waals surface area contributed by atoms with Crippen molar-refractivity contribution in [3.63, 3.8) is 0 Å². The van der Waals surface area contributed by atoms with Gasteiger partial charge in [-0.05, 0) is 35.4 Å². The van der Waals surface area contributed by atoms with Gasteiger partial charge >= 0.3 is 0 Å². The van der Waals surface area contributed by atoms with Crippen LogP contribution in [0, 0.1) is 7.43 Å². The fraction of sp³-hybridized carbons (Fsp3) is 0. The molecule has 174 valence electrons. The van der Waals surface area contributed by atoms with Crippen LogP contribution in [0.3, 0.4) is 0 Å². The summed E-state index contributed by atoms with van der Waals surface area (Å²) >= 11 is 0. The van der Waals surface area contributed by atoms with Crippen molar-refractivity contribution in [1.29, 1.82) is 0 Å². The maximum Gasteiger partial charge on any atom is 0.0707 e. The molecule has 7 heteroatoms. The zero-order chi connectivity index (χ0) is 23.0. The first-order valence-corrected chi connectivity index (χ1v) is 10.8. The monoisotopic (exact) mass is 519 g/mol. The van der Waals surface area contributed by atoms with E-state index in [4.69, 9.17) is 0 Å².